The number of hydrogen-bond donors (Lipinski definition) is 4. The van der Waals surface area contributed by atoms with Crippen LogP contribution in [0.2, 0.25) is 0 Å². The average molecular weight is 865 g/mol. The lowest BCUT2D eigenvalue weighted by molar-refractivity contribution is -0.301. The second-order valence-corrected chi connectivity index (χ2v) is 17.8. The monoisotopic (exact) mass is 865 g/mol. The molecule has 0 aromatic heterocycles. The van der Waals surface area contributed by atoms with Gasteiger partial charge in [-0.25, -0.2) is 4.18 Å². The van der Waals surface area contributed by atoms with Crippen LogP contribution >= 0.6 is 0 Å². The molecule has 0 aromatic carbocycles. The largest absolute Gasteiger partial charge is 0.457 e. The van der Waals surface area contributed by atoms with E-state index in [0.717, 1.165) is 57.8 Å². The van der Waals surface area contributed by atoms with Crippen molar-refractivity contribution in [2.45, 2.75) is 250 Å². The quantitative estimate of drug-likeness (QED) is 0.0198. The van der Waals surface area contributed by atoms with Crippen molar-refractivity contribution in [3.63, 3.8) is 0 Å². The van der Waals surface area contributed by atoms with Crippen LogP contribution in [0.15, 0.2) is 12.2 Å². The number of rotatable bonds is 42. The number of aliphatic hydroxyl groups excluding tert-OH is 3. The Kier molecular flexibility index (Phi) is 36.5. The molecular formula is C46H88O12S. The third-order valence-electron chi connectivity index (χ3n) is 11.1. The van der Waals surface area contributed by atoms with Crippen LogP contribution in [0.1, 0.15) is 213 Å². The molecule has 0 aliphatic carbocycles. The summed E-state index contributed by atoms with van der Waals surface area (Å²) in [7, 11) is -5.06. The van der Waals surface area contributed by atoms with Gasteiger partial charge in [0, 0.05) is 13.0 Å². The summed E-state index contributed by atoms with van der Waals surface area (Å²) < 4.78 is 59.1. The highest BCUT2D eigenvalue weighted by atomic mass is 32.3. The van der Waals surface area contributed by atoms with Gasteiger partial charge < -0.3 is 34.3 Å². The molecule has 1 aliphatic rings. The minimum Gasteiger partial charge on any atom is -0.457 e. The molecule has 0 radical (unpaired) electrons. The van der Waals surface area contributed by atoms with Crippen LogP contribution in [0.4, 0.5) is 0 Å². The highest BCUT2D eigenvalue weighted by molar-refractivity contribution is 7.80. The number of aliphatic hydroxyl groups is 3. The van der Waals surface area contributed by atoms with Gasteiger partial charge in [0.2, 0.25) is 0 Å². The van der Waals surface area contributed by atoms with Crippen LogP contribution in [-0.2, 0) is 38.3 Å². The van der Waals surface area contributed by atoms with E-state index in [2.05, 4.69) is 30.2 Å². The molecule has 0 spiro atoms. The first-order valence-corrected chi connectivity index (χ1v) is 25.3. The van der Waals surface area contributed by atoms with Gasteiger partial charge in [-0.05, 0) is 38.5 Å². The molecule has 1 fully saturated rings. The highest BCUT2D eigenvalue weighted by Gasteiger charge is 2.48. The Bertz CT molecular complexity index is 1090. The zero-order valence-corrected chi connectivity index (χ0v) is 38.1. The van der Waals surface area contributed by atoms with Crippen molar-refractivity contribution in [3.8, 4) is 0 Å². The fourth-order valence-electron chi connectivity index (χ4n) is 7.49. The number of carbonyl (C=O) groups is 1. The van der Waals surface area contributed by atoms with E-state index in [0.29, 0.717) is 13.0 Å². The smallest absolute Gasteiger partial charge is 0.397 e. The molecule has 1 heterocycles. The van der Waals surface area contributed by atoms with Crippen LogP contribution in [-0.4, -0.2) is 97.5 Å². The highest BCUT2D eigenvalue weighted by Crippen LogP contribution is 2.26. The fourth-order valence-corrected chi connectivity index (χ4v) is 8.00. The second kappa shape index (κ2) is 38.5. The number of hydrogen-bond acceptors (Lipinski definition) is 11. The summed E-state index contributed by atoms with van der Waals surface area (Å²) in [6.45, 7) is 4.01. The van der Waals surface area contributed by atoms with Crippen LogP contribution in [0.25, 0.3) is 0 Å². The molecule has 0 saturated carbocycles. The Hall–Kier alpha value is -1.16. The number of carbonyl (C=O) groups excluding carboxylic acids is 1. The minimum absolute atomic E-state index is 0.0385. The predicted molar refractivity (Wildman–Crippen MR) is 234 cm³/mol. The zero-order chi connectivity index (χ0) is 43.2. The second-order valence-electron chi connectivity index (χ2n) is 16.7. The Morgan fingerprint density at radius 1 is 0.627 bits per heavy atom. The van der Waals surface area contributed by atoms with Crippen molar-refractivity contribution >= 4 is 16.4 Å². The van der Waals surface area contributed by atoms with E-state index in [1.807, 2.05) is 0 Å². The topological polar surface area (TPSA) is 178 Å². The molecule has 12 nitrogen and oxygen atoms in total. The molecule has 13 heteroatoms. The van der Waals surface area contributed by atoms with Gasteiger partial charge in [0.25, 0.3) is 0 Å². The maximum Gasteiger partial charge on any atom is 0.397 e. The summed E-state index contributed by atoms with van der Waals surface area (Å²) in [5, 5.41) is 30.7. The Morgan fingerprint density at radius 3 is 1.53 bits per heavy atom. The lowest BCUT2D eigenvalue weighted by Crippen LogP contribution is -2.60. The van der Waals surface area contributed by atoms with Gasteiger partial charge in [-0.1, -0.05) is 180 Å². The van der Waals surface area contributed by atoms with E-state index in [9.17, 15) is 28.5 Å². The molecule has 6 unspecified atom stereocenters. The standard InChI is InChI=1S/C46H88O12S/c1-3-5-7-9-11-13-15-17-19-21-23-25-27-29-31-33-35-42(48)56-40(39-55-46-44(50)45(58-59(51,52)53)43(49)41(37-47)57-46)38-54-36-34-32-30-28-26-24-22-20-18-16-14-12-10-8-6-4-2/h19,21,40-41,43-47,49-50H,3-18,20,22-39H2,1-2H3,(H,51,52,53)/b21-19-. The van der Waals surface area contributed by atoms with Crippen molar-refractivity contribution in [1.29, 1.82) is 0 Å². The van der Waals surface area contributed by atoms with Gasteiger partial charge in [0.15, 0.2) is 6.29 Å². The van der Waals surface area contributed by atoms with Crippen LogP contribution in [0.5, 0.6) is 0 Å². The lowest BCUT2D eigenvalue weighted by Gasteiger charge is -2.41. The van der Waals surface area contributed by atoms with Gasteiger partial charge in [0.1, 0.15) is 30.5 Å². The molecule has 0 bridgehead atoms. The van der Waals surface area contributed by atoms with Gasteiger partial charge >= 0.3 is 16.4 Å². The summed E-state index contributed by atoms with van der Waals surface area (Å²) in [5.74, 6) is -0.403. The molecule has 59 heavy (non-hydrogen) atoms. The minimum atomic E-state index is -5.06. The zero-order valence-electron chi connectivity index (χ0n) is 37.3. The van der Waals surface area contributed by atoms with Crippen molar-refractivity contribution < 1.29 is 56.2 Å². The van der Waals surface area contributed by atoms with Gasteiger partial charge in [-0.15, -0.1) is 0 Å². The maximum atomic E-state index is 12.9. The van der Waals surface area contributed by atoms with Gasteiger partial charge in [-0.2, -0.15) is 8.42 Å². The Balaban J connectivity index is 2.40. The van der Waals surface area contributed by atoms with Crippen LogP contribution in [0, 0.1) is 0 Å². The normalized spacial score (nSPS) is 20.4. The van der Waals surface area contributed by atoms with Crippen LogP contribution in [0.3, 0.4) is 0 Å². The fraction of sp³-hybridized carbons (Fsp3) is 0.935. The predicted octanol–water partition coefficient (Wildman–Crippen LogP) is 10.2. The van der Waals surface area contributed by atoms with Crippen molar-refractivity contribution in [2.75, 3.05) is 26.4 Å². The van der Waals surface area contributed by atoms with Crippen molar-refractivity contribution in [2.24, 2.45) is 0 Å². The number of allylic oxidation sites excluding steroid dienone is 2. The van der Waals surface area contributed by atoms with E-state index in [-0.39, 0.29) is 19.6 Å². The van der Waals surface area contributed by atoms with Gasteiger partial charge in [-0.3, -0.25) is 9.35 Å². The summed E-state index contributed by atoms with van der Waals surface area (Å²) in [6, 6.07) is 0. The molecule has 0 amide bonds. The van der Waals surface area contributed by atoms with Crippen molar-refractivity contribution in [1.82, 2.24) is 0 Å². The van der Waals surface area contributed by atoms with E-state index in [1.165, 1.54) is 128 Å². The third kappa shape index (κ3) is 32.2. The Morgan fingerprint density at radius 2 is 1.07 bits per heavy atom. The number of unbranched alkanes of at least 4 members (excludes halogenated alkanes) is 27. The molecular weight excluding hydrogens is 777 g/mol. The molecule has 4 N–H and O–H groups in total. The van der Waals surface area contributed by atoms with E-state index >= 15 is 0 Å². The summed E-state index contributed by atoms with van der Waals surface area (Å²) >= 11 is 0. The Labute approximate surface area is 359 Å². The lowest BCUT2D eigenvalue weighted by atomic mass is 9.99. The van der Waals surface area contributed by atoms with Crippen molar-refractivity contribution in [3.05, 3.63) is 12.2 Å². The van der Waals surface area contributed by atoms with Gasteiger partial charge in [0.05, 0.1) is 19.8 Å². The molecule has 1 rings (SSSR count). The third-order valence-corrected chi connectivity index (χ3v) is 11.6. The van der Waals surface area contributed by atoms with Crippen LogP contribution < -0.4 is 0 Å². The molecule has 350 valence electrons. The number of esters is 1. The molecule has 0 aromatic rings. The maximum absolute atomic E-state index is 12.9. The first-order valence-electron chi connectivity index (χ1n) is 23.9. The first-order chi connectivity index (χ1) is 28.6. The SMILES string of the molecule is CCCCCCCCC/C=C\CCCCCCCC(=O)OC(COCCCCCCCCCCCCCCCCCC)COC1OC(CO)C(O)C(OS(=O)(=O)O)C1O. The molecule has 6 atom stereocenters. The summed E-state index contributed by atoms with van der Waals surface area (Å²) in [4.78, 5) is 12.9. The summed E-state index contributed by atoms with van der Waals surface area (Å²) in [6.07, 6.45) is 32.4. The average Bonchev–Trinajstić information content (AvgIpc) is 3.20. The van der Waals surface area contributed by atoms with E-state index in [1.54, 1.807) is 0 Å². The summed E-state index contributed by atoms with van der Waals surface area (Å²) in [5.41, 5.74) is 0. The first kappa shape index (κ1) is 55.9. The molecule has 1 aliphatic heterocycles. The molecule has 1 saturated heterocycles. The van der Waals surface area contributed by atoms with E-state index < -0.39 is 59.8 Å². The number of ether oxygens (including phenoxy) is 4. The van der Waals surface area contributed by atoms with E-state index in [4.69, 9.17) is 23.5 Å².